The lowest BCUT2D eigenvalue weighted by Gasteiger charge is -2.16. The number of aliphatic carboxylic acids is 1. The van der Waals surface area contributed by atoms with Crippen LogP contribution < -0.4 is 10.1 Å². The number of amides is 1. The fraction of sp³-hybridized carbons (Fsp3) is 0.300. The third kappa shape index (κ3) is 5.64. The Hall–Kier alpha value is -2.82. The zero-order valence-corrected chi connectivity index (χ0v) is 14.5. The number of hydrogen-bond acceptors (Lipinski definition) is 3. The standard InChI is InChI=1S/C20H23NO4/c1-3-15-6-4-5-7-17(15)12-19(22)21-14(2)16-8-10-18(11-9-16)25-13-20(23)24/h4-11,14H,3,12-13H2,1-2H3,(H,21,22)(H,23,24). The molecule has 5 heteroatoms. The monoisotopic (exact) mass is 341 g/mol. The van der Waals surface area contributed by atoms with Crippen molar-refractivity contribution in [3.8, 4) is 5.75 Å². The van der Waals surface area contributed by atoms with Crippen LogP contribution in [0.4, 0.5) is 0 Å². The van der Waals surface area contributed by atoms with Crippen molar-refractivity contribution in [2.75, 3.05) is 6.61 Å². The van der Waals surface area contributed by atoms with Gasteiger partial charge in [-0.15, -0.1) is 0 Å². The van der Waals surface area contributed by atoms with E-state index < -0.39 is 5.97 Å². The third-order valence-corrected chi connectivity index (χ3v) is 3.97. The van der Waals surface area contributed by atoms with E-state index in [1.165, 1.54) is 5.56 Å². The average Bonchev–Trinajstić information content (AvgIpc) is 2.60. The topological polar surface area (TPSA) is 75.6 Å². The van der Waals surface area contributed by atoms with Crippen molar-refractivity contribution in [2.45, 2.75) is 32.7 Å². The molecule has 0 radical (unpaired) electrons. The number of ether oxygens (including phenoxy) is 1. The molecule has 0 aliphatic heterocycles. The summed E-state index contributed by atoms with van der Waals surface area (Å²) in [5.74, 6) is -0.557. The van der Waals surface area contributed by atoms with Crippen LogP contribution in [0.15, 0.2) is 48.5 Å². The van der Waals surface area contributed by atoms with E-state index in [-0.39, 0.29) is 18.6 Å². The first-order valence-electron chi connectivity index (χ1n) is 8.30. The Morgan fingerprint density at radius 1 is 1.08 bits per heavy atom. The number of aryl methyl sites for hydroxylation is 1. The third-order valence-electron chi connectivity index (χ3n) is 3.97. The molecular formula is C20H23NO4. The van der Waals surface area contributed by atoms with E-state index in [0.717, 1.165) is 17.5 Å². The molecule has 2 rings (SSSR count). The summed E-state index contributed by atoms with van der Waals surface area (Å²) in [6.45, 7) is 3.62. The van der Waals surface area contributed by atoms with Gasteiger partial charge in [0.25, 0.3) is 0 Å². The molecule has 0 saturated heterocycles. The van der Waals surface area contributed by atoms with Crippen molar-refractivity contribution in [1.82, 2.24) is 5.32 Å². The van der Waals surface area contributed by atoms with Gasteiger partial charge >= 0.3 is 5.97 Å². The van der Waals surface area contributed by atoms with Gasteiger partial charge in [0.2, 0.25) is 5.91 Å². The van der Waals surface area contributed by atoms with Crippen LogP contribution in [0.3, 0.4) is 0 Å². The first kappa shape index (κ1) is 18.5. The molecule has 0 heterocycles. The number of carbonyl (C=O) groups is 2. The van der Waals surface area contributed by atoms with Crippen LogP contribution in [0.1, 0.15) is 36.6 Å². The van der Waals surface area contributed by atoms with Crippen LogP contribution >= 0.6 is 0 Å². The smallest absolute Gasteiger partial charge is 0.341 e. The largest absolute Gasteiger partial charge is 0.482 e. The second-order valence-electron chi connectivity index (χ2n) is 5.84. The fourth-order valence-corrected chi connectivity index (χ4v) is 2.62. The highest BCUT2D eigenvalue weighted by Gasteiger charge is 2.12. The Balaban J connectivity index is 1.93. The highest BCUT2D eigenvalue weighted by Crippen LogP contribution is 2.18. The molecule has 0 spiro atoms. The maximum atomic E-state index is 12.3. The summed E-state index contributed by atoms with van der Waals surface area (Å²) in [6.07, 6.45) is 1.25. The van der Waals surface area contributed by atoms with Crippen molar-refractivity contribution < 1.29 is 19.4 Å². The van der Waals surface area contributed by atoms with Crippen LogP contribution in [0, 0.1) is 0 Å². The van der Waals surface area contributed by atoms with Crippen LogP contribution in [-0.2, 0) is 22.4 Å². The molecule has 132 valence electrons. The molecule has 0 bridgehead atoms. The lowest BCUT2D eigenvalue weighted by molar-refractivity contribution is -0.139. The Morgan fingerprint density at radius 2 is 1.72 bits per heavy atom. The maximum absolute atomic E-state index is 12.3. The molecule has 0 saturated carbocycles. The Kier molecular flexibility index (Phi) is 6.57. The molecule has 1 unspecified atom stereocenters. The highest BCUT2D eigenvalue weighted by molar-refractivity contribution is 5.79. The van der Waals surface area contributed by atoms with E-state index in [1.54, 1.807) is 12.1 Å². The van der Waals surface area contributed by atoms with Crippen LogP contribution in [0.25, 0.3) is 0 Å². The van der Waals surface area contributed by atoms with Gasteiger partial charge < -0.3 is 15.2 Å². The molecule has 1 atom stereocenters. The van der Waals surface area contributed by atoms with Crippen molar-refractivity contribution in [3.63, 3.8) is 0 Å². The predicted octanol–water partition coefficient (Wildman–Crippen LogP) is 3.13. The van der Waals surface area contributed by atoms with Gasteiger partial charge in [-0.2, -0.15) is 0 Å². The lowest BCUT2D eigenvalue weighted by atomic mass is 10.0. The van der Waals surface area contributed by atoms with Gasteiger partial charge in [0.1, 0.15) is 5.75 Å². The summed E-state index contributed by atoms with van der Waals surface area (Å²) in [7, 11) is 0. The summed E-state index contributed by atoms with van der Waals surface area (Å²) < 4.78 is 5.10. The van der Waals surface area contributed by atoms with Crippen LogP contribution in [0.2, 0.25) is 0 Å². The summed E-state index contributed by atoms with van der Waals surface area (Å²) in [4.78, 5) is 22.8. The molecule has 2 N–H and O–H groups in total. The lowest BCUT2D eigenvalue weighted by Crippen LogP contribution is -2.28. The second kappa shape index (κ2) is 8.87. The number of carbonyl (C=O) groups excluding carboxylic acids is 1. The number of carboxylic acids is 1. The zero-order valence-electron chi connectivity index (χ0n) is 14.5. The van der Waals surface area contributed by atoms with Gasteiger partial charge in [-0.1, -0.05) is 43.3 Å². The molecular weight excluding hydrogens is 318 g/mol. The molecule has 0 aliphatic carbocycles. The number of hydrogen-bond donors (Lipinski definition) is 2. The first-order valence-corrected chi connectivity index (χ1v) is 8.30. The average molecular weight is 341 g/mol. The summed E-state index contributed by atoms with van der Waals surface area (Å²) >= 11 is 0. The minimum atomic E-state index is -1.02. The van der Waals surface area contributed by atoms with E-state index >= 15 is 0 Å². The van der Waals surface area contributed by atoms with Gasteiger partial charge in [0.05, 0.1) is 12.5 Å². The predicted molar refractivity (Wildman–Crippen MR) is 95.7 cm³/mol. The Morgan fingerprint density at radius 3 is 2.32 bits per heavy atom. The second-order valence-corrected chi connectivity index (χ2v) is 5.84. The number of carboxylic acid groups (broad SMARTS) is 1. The molecule has 25 heavy (non-hydrogen) atoms. The summed E-state index contributed by atoms with van der Waals surface area (Å²) in [5, 5.41) is 11.6. The molecule has 0 fully saturated rings. The van der Waals surface area contributed by atoms with Crippen molar-refractivity contribution in [2.24, 2.45) is 0 Å². The van der Waals surface area contributed by atoms with Gasteiger partial charge in [-0.25, -0.2) is 4.79 Å². The van der Waals surface area contributed by atoms with Gasteiger partial charge in [0.15, 0.2) is 6.61 Å². The molecule has 5 nitrogen and oxygen atoms in total. The number of nitrogens with one attached hydrogen (secondary N) is 1. The summed E-state index contributed by atoms with van der Waals surface area (Å²) in [6, 6.07) is 14.9. The summed E-state index contributed by atoms with van der Waals surface area (Å²) in [5.41, 5.74) is 3.16. The minimum absolute atomic E-state index is 0.0281. The van der Waals surface area contributed by atoms with E-state index in [9.17, 15) is 9.59 Å². The number of benzene rings is 2. The fourth-order valence-electron chi connectivity index (χ4n) is 2.62. The van der Waals surface area contributed by atoms with Crippen molar-refractivity contribution in [3.05, 3.63) is 65.2 Å². The van der Waals surface area contributed by atoms with Crippen LogP contribution in [0.5, 0.6) is 5.75 Å². The maximum Gasteiger partial charge on any atom is 0.341 e. The van der Waals surface area contributed by atoms with E-state index in [0.29, 0.717) is 12.2 Å². The van der Waals surface area contributed by atoms with E-state index in [1.807, 2.05) is 43.3 Å². The van der Waals surface area contributed by atoms with Crippen molar-refractivity contribution in [1.29, 1.82) is 0 Å². The van der Waals surface area contributed by atoms with Gasteiger partial charge in [-0.3, -0.25) is 4.79 Å². The Bertz CT molecular complexity index is 725. The number of rotatable bonds is 8. The first-order chi connectivity index (χ1) is 12.0. The molecule has 1 amide bonds. The highest BCUT2D eigenvalue weighted by atomic mass is 16.5. The molecule has 2 aromatic carbocycles. The van der Waals surface area contributed by atoms with Gasteiger partial charge in [-0.05, 0) is 42.2 Å². The van der Waals surface area contributed by atoms with Crippen LogP contribution in [-0.4, -0.2) is 23.6 Å². The van der Waals surface area contributed by atoms with Crippen molar-refractivity contribution >= 4 is 11.9 Å². The van der Waals surface area contributed by atoms with Gasteiger partial charge in [0, 0.05) is 0 Å². The van der Waals surface area contributed by atoms with E-state index in [4.69, 9.17) is 9.84 Å². The quantitative estimate of drug-likeness (QED) is 0.773. The molecule has 2 aromatic rings. The normalized spacial score (nSPS) is 11.6. The van der Waals surface area contributed by atoms with E-state index in [2.05, 4.69) is 12.2 Å². The molecule has 0 aliphatic rings. The molecule has 0 aromatic heterocycles. The Labute approximate surface area is 147 Å². The zero-order chi connectivity index (χ0) is 18.2. The minimum Gasteiger partial charge on any atom is -0.482 e. The SMILES string of the molecule is CCc1ccccc1CC(=O)NC(C)c1ccc(OCC(=O)O)cc1.